The molecule has 0 bridgehead atoms. The molecule has 6 heteroatoms. The Bertz CT molecular complexity index is 190. The van der Waals surface area contributed by atoms with Gasteiger partial charge in [-0.05, 0) is 0 Å². The van der Waals surface area contributed by atoms with E-state index >= 15 is 0 Å². The minimum absolute atomic E-state index is 0.148. The first kappa shape index (κ1) is 10.7. The molecule has 2 amide bonds. The molecule has 1 heterocycles. The molecule has 64 valence electrons. The SMILES string of the molecule is O=C1CCC(=O)N1.[B]CC(=O)O. The first-order valence-electron chi connectivity index (χ1n) is 3.30. The molecule has 1 aliphatic rings. The summed E-state index contributed by atoms with van der Waals surface area (Å²) in [5.41, 5.74) is 0. The Labute approximate surface area is 70.5 Å². The van der Waals surface area contributed by atoms with E-state index in [2.05, 4.69) is 13.2 Å². The quantitative estimate of drug-likeness (QED) is 0.392. The van der Waals surface area contributed by atoms with Crippen LogP contribution in [-0.4, -0.2) is 30.7 Å². The van der Waals surface area contributed by atoms with Crippen LogP contribution in [0.2, 0.25) is 6.32 Å². The lowest BCUT2D eigenvalue weighted by Gasteiger charge is -1.79. The third-order valence-corrected chi connectivity index (χ3v) is 1.03. The Kier molecular flexibility index (Phi) is 4.75. The van der Waals surface area contributed by atoms with Gasteiger partial charge in [-0.3, -0.25) is 19.7 Å². The molecular formula is C6H8BNO4. The van der Waals surface area contributed by atoms with Gasteiger partial charge in [0.2, 0.25) is 11.8 Å². The largest absolute Gasteiger partial charge is 0.482 e. The van der Waals surface area contributed by atoms with Crippen molar-refractivity contribution in [3.63, 3.8) is 0 Å². The molecule has 0 aromatic carbocycles. The van der Waals surface area contributed by atoms with E-state index in [1.54, 1.807) is 0 Å². The summed E-state index contributed by atoms with van der Waals surface area (Å²) < 4.78 is 0. The Morgan fingerprint density at radius 2 is 1.75 bits per heavy atom. The minimum Gasteiger partial charge on any atom is -0.482 e. The molecule has 1 aliphatic heterocycles. The van der Waals surface area contributed by atoms with Crippen LogP contribution in [0.25, 0.3) is 0 Å². The number of carboxylic acids is 1. The average Bonchev–Trinajstić information content (AvgIpc) is 2.36. The Morgan fingerprint density at radius 1 is 1.42 bits per heavy atom. The van der Waals surface area contributed by atoms with Crippen LogP contribution in [0.5, 0.6) is 0 Å². The van der Waals surface area contributed by atoms with Crippen LogP contribution in [0, 0.1) is 0 Å². The molecule has 2 radical (unpaired) electrons. The zero-order valence-electron chi connectivity index (χ0n) is 6.37. The second kappa shape index (κ2) is 5.34. The Morgan fingerprint density at radius 3 is 1.83 bits per heavy atom. The molecule has 0 spiro atoms. The molecule has 12 heavy (non-hydrogen) atoms. The van der Waals surface area contributed by atoms with Gasteiger partial charge in [-0.2, -0.15) is 0 Å². The van der Waals surface area contributed by atoms with E-state index in [9.17, 15) is 14.4 Å². The lowest BCUT2D eigenvalue weighted by atomic mass is 10.1. The number of amides is 2. The lowest BCUT2D eigenvalue weighted by Crippen LogP contribution is -2.18. The van der Waals surface area contributed by atoms with E-state index < -0.39 is 5.97 Å². The van der Waals surface area contributed by atoms with Crippen LogP contribution >= 0.6 is 0 Å². The van der Waals surface area contributed by atoms with Crippen molar-refractivity contribution < 1.29 is 19.5 Å². The van der Waals surface area contributed by atoms with Crippen LogP contribution in [-0.2, 0) is 14.4 Å². The number of carbonyl (C=O) groups is 3. The fourth-order valence-corrected chi connectivity index (χ4v) is 0.508. The van der Waals surface area contributed by atoms with E-state index in [0.717, 1.165) is 0 Å². The molecule has 0 aromatic rings. The highest BCUT2D eigenvalue weighted by Crippen LogP contribution is 1.95. The predicted molar refractivity (Wildman–Crippen MR) is 40.6 cm³/mol. The molecule has 0 aliphatic carbocycles. The second-order valence-corrected chi connectivity index (χ2v) is 2.07. The molecule has 0 saturated carbocycles. The third-order valence-electron chi connectivity index (χ3n) is 1.03. The summed E-state index contributed by atoms with van der Waals surface area (Å²) in [4.78, 5) is 29.5. The van der Waals surface area contributed by atoms with Crippen molar-refractivity contribution in [2.24, 2.45) is 0 Å². The van der Waals surface area contributed by atoms with Gasteiger partial charge in [-0.1, -0.05) is 0 Å². The standard InChI is InChI=1S/C4H5NO2.C2H3BO2/c6-3-1-2-4(7)5-3;3-1-2(4)5/h1-2H2,(H,5,6,7);1H2,(H,4,5). The molecule has 5 nitrogen and oxygen atoms in total. The van der Waals surface area contributed by atoms with Crippen molar-refractivity contribution in [3.8, 4) is 0 Å². The maximum absolute atomic E-state index is 10.1. The summed E-state index contributed by atoms with van der Waals surface area (Å²) in [6.45, 7) is 0. The number of aliphatic carboxylic acids is 1. The van der Waals surface area contributed by atoms with Crippen LogP contribution in [0.4, 0.5) is 0 Å². The van der Waals surface area contributed by atoms with Crippen molar-refractivity contribution in [1.29, 1.82) is 0 Å². The third kappa shape index (κ3) is 5.46. The van der Waals surface area contributed by atoms with Crippen molar-refractivity contribution in [1.82, 2.24) is 5.32 Å². The van der Waals surface area contributed by atoms with E-state index in [1.165, 1.54) is 0 Å². The summed E-state index contributed by atoms with van der Waals surface area (Å²) in [5.74, 6) is -1.26. The second-order valence-electron chi connectivity index (χ2n) is 2.07. The van der Waals surface area contributed by atoms with E-state index in [-0.39, 0.29) is 18.1 Å². The molecule has 0 atom stereocenters. The number of carbonyl (C=O) groups excluding carboxylic acids is 2. The van der Waals surface area contributed by atoms with Gasteiger partial charge in [0.1, 0.15) is 0 Å². The summed E-state index contributed by atoms with van der Waals surface area (Å²) in [6.07, 6.45) is 0.470. The van der Waals surface area contributed by atoms with E-state index in [4.69, 9.17) is 5.11 Å². The van der Waals surface area contributed by atoms with Gasteiger partial charge in [-0.15, -0.1) is 0 Å². The normalized spacial score (nSPS) is 14.7. The van der Waals surface area contributed by atoms with Crippen LogP contribution < -0.4 is 5.32 Å². The van der Waals surface area contributed by atoms with Gasteiger partial charge in [0.25, 0.3) is 5.97 Å². The van der Waals surface area contributed by atoms with Crippen molar-refractivity contribution in [3.05, 3.63) is 0 Å². The van der Waals surface area contributed by atoms with Crippen LogP contribution in [0.15, 0.2) is 0 Å². The maximum Gasteiger partial charge on any atom is 0.294 e. The molecule has 1 rings (SSSR count). The zero-order chi connectivity index (χ0) is 9.56. The zero-order valence-corrected chi connectivity index (χ0v) is 6.37. The van der Waals surface area contributed by atoms with Gasteiger partial charge in [0.05, 0.1) is 7.85 Å². The lowest BCUT2D eigenvalue weighted by molar-refractivity contribution is -0.134. The summed E-state index contributed by atoms with van der Waals surface area (Å²) in [7, 11) is 4.57. The van der Waals surface area contributed by atoms with E-state index in [1.807, 2.05) is 0 Å². The fourth-order valence-electron chi connectivity index (χ4n) is 0.508. The average molecular weight is 169 g/mol. The number of hydrogen-bond acceptors (Lipinski definition) is 3. The van der Waals surface area contributed by atoms with Crippen molar-refractivity contribution in [2.75, 3.05) is 0 Å². The molecule has 1 saturated heterocycles. The molecule has 1 fully saturated rings. The first-order valence-corrected chi connectivity index (χ1v) is 3.30. The summed E-state index contributed by atoms with van der Waals surface area (Å²) in [6, 6.07) is 0. The first-order chi connectivity index (χ1) is 5.56. The van der Waals surface area contributed by atoms with Crippen molar-refractivity contribution >= 4 is 25.6 Å². The number of nitrogens with one attached hydrogen (secondary N) is 1. The van der Waals surface area contributed by atoms with Gasteiger partial charge in [-0.25, -0.2) is 0 Å². The molecule has 2 N–H and O–H groups in total. The summed E-state index contributed by atoms with van der Waals surface area (Å²) >= 11 is 0. The molecule has 0 unspecified atom stereocenters. The van der Waals surface area contributed by atoms with Gasteiger partial charge in [0, 0.05) is 19.2 Å². The fraction of sp³-hybridized carbons (Fsp3) is 0.500. The van der Waals surface area contributed by atoms with Crippen LogP contribution in [0.3, 0.4) is 0 Å². The highest BCUT2D eigenvalue weighted by atomic mass is 16.4. The van der Waals surface area contributed by atoms with Crippen molar-refractivity contribution in [2.45, 2.75) is 19.2 Å². The number of carboxylic acid groups (broad SMARTS) is 1. The molecular weight excluding hydrogens is 161 g/mol. The van der Waals surface area contributed by atoms with Gasteiger partial charge in [0.15, 0.2) is 0 Å². The number of hydrogen-bond donors (Lipinski definition) is 2. The topological polar surface area (TPSA) is 83.5 Å². The van der Waals surface area contributed by atoms with Crippen LogP contribution in [0.1, 0.15) is 12.8 Å². The molecule has 0 aromatic heterocycles. The smallest absolute Gasteiger partial charge is 0.294 e. The highest BCUT2D eigenvalue weighted by Gasteiger charge is 2.15. The van der Waals surface area contributed by atoms with E-state index in [0.29, 0.717) is 12.8 Å². The monoisotopic (exact) mass is 169 g/mol. The number of imide groups is 1. The predicted octanol–water partition coefficient (Wildman–Crippen LogP) is -0.919. The maximum atomic E-state index is 10.1. The highest BCUT2D eigenvalue weighted by molar-refractivity contribution is 6.18. The van der Waals surface area contributed by atoms with Gasteiger partial charge >= 0.3 is 0 Å². The van der Waals surface area contributed by atoms with Gasteiger partial charge < -0.3 is 5.11 Å². The Hall–Kier alpha value is -1.33. The summed E-state index contributed by atoms with van der Waals surface area (Å²) in [5, 5.41) is 9.74. The number of rotatable bonds is 1. The Balaban J connectivity index is 0.000000217. The minimum atomic E-state index is -0.968.